The smallest absolute Gasteiger partial charge is 0.348 e. The second-order valence-corrected chi connectivity index (χ2v) is 5.22. The summed E-state index contributed by atoms with van der Waals surface area (Å²) in [6.45, 7) is 7.27. The minimum Gasteiger partial charge on any atom is -0.457 e. The first-order chi connectivity index (χ1) is 7.61. The maximum atomic E-state index is 11.8. The van der Waals surface area contributed by atoms with E-state index in [9.17, 15) is 9.59 Å². The first kappa shape index (κ1) is 15.9. The summed E-state index contributed by atoms with van der Waals surface area (Å²) < 4.78 is 10.2. The van der Waals surface area contributed by atoms with E-state index < -0.39 is 23.6 Å². The minimum atomic E-state index is -0.825. The van der Waals surface area contributed by atoms with Crippen LogP contribution in [0.4, 0.5) is 0 Å². The molecule has 0 radical (unpaired) electrons. The molecule has 100 valence electrons. The van der Waals surface area contributed by atoms with Crippen LogP contribution in [0.2, 0.25) is 0 Å². The molecule has 5 nitrogen and oxygen atoms in total. The molecule has 0 amide bonds. The van der Waals surface area contributed by atoms with Crippen molar-refractivity contribution in [2.24, 2.45) is 0 Å². The number of carbonyl (C=O) groups is 2. The number of carbonyl (C=O) groups excluding carboxylic acids is 2. The minimum absolute atomic E-state index is 0.432. The molecule has 0 aromatic carbocycles. The quantitative estimate of drug-likeness (QED) is 0.681. The average molecular weight is 245 g/mol. The highest BCUT2D eigenvalue weighted by Crippen LogP contribution is 2.12. The fourth-order valence-electron chi connectivity index (χ4n) is 1.17. The van der Waals surface area contributed by atoms with Crippen LogP contribution in [-0.4, -0.2) is 49.2 Å². The van der Waals surface area contributed by atoms with E-state index in [0.717, 1.165) is 0 Å². The lowest BCUT2D eigenvalue weighted by Gasteiger charge is -2.24. The summed E-state index contributed by atoms with van der Waals surface area (Å²) >= 11 is 0. The summed E-state index contributed by atoms with van der Waals surface area (Å²) in [5.41, 5.74) is -0.576. The molecule has 0 N–H and O–H groups in total. The number of rotatable bonds is 5. The van der Waals surface area contributed by atoms with E-state index in [4.69, 9.17) is 9.47 Å². The molecule has 1 unspecified atom stereocenters. The first-order valence-electron chi connectivity index (χ1n) is 5.66. The van der Waals surface area contributed by atoms with Gasteiger partial charge in [0, 0.05) is 19.9 Å². The Labute approximate surface area is 103 Å². The normalized spacial score (nSPS) is 13.4. The predicted octanol–water partition coefficient (Wildman–Crippen LogP) is 1.21. The van der Waals surface area contributed by atoms with Gasteiger partial charge in [-0.3, -0.25) is 4.79 Å². The lowest BCUT2D eigenvalue weighted by Crippen LogP contribution is -2.36. The van der Waals surface area contributed by atoms with Gasteiger partial charge in [-0.05, 0) is 34.9 Å². The Morgan fingerprint density at radius 2 is 1.76 bits per heavy atom. The third-order valence-corrected chi connectivity index (χ3v) is 1.82. The zero-order chi connectivity index (χ0) is 13.6. The standard InChI is InChI=1S/C12H23NO4/c1-9(14)16-10(7-8-13(5)6)11(15)17-12(2,3)4/h10H,7-8H2,1-6H3. The van der Waals surface area contributed by atoms with Crippen molar-refractivity contribution in [3.8, 4) is 0 Å². The summed E-state index contributed by atoms with van der Waals surface area (Å²) in [5.74, 6) is -0.964. The molecule has 0 aliphatic heterocycles. The van der Waals surface area contributed by atoms with Crippen LogP contribution in [-0.2, 0) is 19.1 Å². The molecule has 17 heavy (non-hydrogen) atoms. The van der Waals surface area contributed by atoms with Gasteiger partial charge in [-0.1, -0.05) is 0 Å². The topological polar surface area (TPSA) is 55.8 Å². The van der Waals surface area contributed by atoms with Crippen LogP contribution < -0.4 is 0 Å². The van der Waals surface area contributed by atoms with Gasteiger partial charge < -0.3 is 14.4 Å². The van der Waals surface area contributed by atoms with Gasteiger partial charge in [0.05, 0.1) is 0 Å². The van der Waals surface area contributed by atoms with Gasteiger partial charge in [0.15, 0.2) is 6.10 Å². The van der Waals surface area contributed by atoms with Crippen molar-refractivity contribution < 1.29 is 19.1 Å². The number of ether oxygens (including phenoxy) is 2. The zero-order valence-corrected chi connectivity index (χ0v) is 11.6. The summed E-state index contributed by atoms with van der Waals surface area (Å²) in [7, 11) is 3.78. The Morgan fingerprint density at radius 1 is 1.24 bits per heavy atom. The molecule has 1 atom stereocenters. The molecule has 0 saturated carbocycles. The maximum Gasteiger partial charge on any atom is 0.348 e. The van der Waals surface area contributed by atoms with Crippen molar-refractivity contribution in [2.45, 2.75) is 45.8 Å². The molecule has 0 aliphatic carbocycles. The van der Waals surface area contributed by atoms with E-state index in [1.165, 1.54) is 6.92 Å². The first-order valence-corrected chi connectivity index (χ1v) is 5.66. The van der Waals surface area contributed by atoms with Gasteiger partial charge >= 0.3 is 11.9 Å². The van der Waals surface area contributed by atoms with E-state index in [1.54, 1.807) is 20.8 Å². The van der Waals surface area contributed by atoms with Gasteiger partial charge in [-0.25, -0.2) is 4.79 Å². The largest absolute Gasteiger partial charge is 0.457 e. The van der Waals surface area contributed by atoms with Crippen molar-refractivity contribution in [3.05, 3.63) is 0 Å². The van der Waals surface area contributed by atoms with Crippen LogP contribution in [0.5, 0.6) is 0 Å². The predicted molar refractivity (Wildman–Crippen MR) is 64.6 cm³/mol. The van der Waals surface area contributed by atoms with E-state index in [2.05, 4.69) is 0 Å². The summed E-state index contributed by atoms with van der Waals surface area (Å²) in [4.78, 5) is 24.6. The second-order valence-electron chi connectivity index (χ2n) is 5.22. The molecular formula is C12H23NO4. The van der Waals surface area contributed by atoms with E-state index >= 15 is 0 Å². The van der Waals surface area contributed by atoms with Gasteiger partial charge in [-0.15, -0.1) is 0 Å². The SMILES string of the molecule is CC(=O)OC(CCN(C)C)C(=O)OC(C)(C)C. The van der Waals surface area contributed by atoms with Crippen molar-refractivity contribution in [3.63, 3.8) is 0 Å². The number of hydrogen-bond donors (Lipinski definition) is 0. The summed E-state index contributed by atoms with van der Waals surface area (Å²) in [6, 6.07) is 0. The Morgan fingerprint density at radius 3 is 2.12 bits per heavy atom. The Balaban J connectivity index is 4.45. The van der Waals surface area contributed by atoms with Gasteiger partial charge in [0.2, 0.25) is 0 Å². The molecular weight excluding hydrogens is 222 g/mol. The van der Waals surface area contributed by atoms with Crippen LogP contribution in [0.25, 0.3) is 0 Å². The molecule has 5 heteroatoms. The lowest BCUT2D eigenvalue weighted by molar-refractivity contribution is -0.175. The highest BCUT2D eigenvalue weighted by atomic mass is 16.6. The molecule has 0 rings (SSSR count). The fraction of sp³-hybridized carbons (Fsp3) is 0.833. The van der Waals surface area contributed by atoms with Gasteiger partial charge in [0.1, 0.15) is 5.60 Å². The summed E-state index contributed by atoms with van der Waals surface area (Å²) in [6.07, 6.45) is -0.393. The van der Waals surface area contributed by atoms with Crippen molar-refractivity contribution in [1.82, 2.24) is 4.90 Å². The number of hydrogen-bond acceptors (Lipinski definition) is 5. The maximum absolute atomic E-state index is 11.8. The third kappa shape index (κ3) is 8.68. The Hall–Kier alpha value is -1.10. The highest BCUT2D eigenvalue weighted by molar-refractivity contribution is 5.78. The monoisotopic (exact) mass is 245 g/mol. The van der Waals surface area contributed by atoms with Crippen LogP contribution in [0.3, 0.4) is 0 Å². The van der Waals surface area contributed by atoms with Crippen molar-refractivity contribution in [2.75, 3.05) is 20.6 Å². The second kappa shape index (κ2) is 6.59. The van der Waals surface area contributed by atoms with Crippen LogP contribution in [0, 0.1) is 0 Å². The molecule has 0 spiro atoms. The van der Waals surface area contributed by atoms with E-state index in [-0.39, 0.29) is 0 Å². The van der Waals surface area contributed by atoms with Crippen molar-refractivity contribution >= 4 is 11.9 Å². The molecule has 0 heterocycles. The molecule has 0 aromatic rings. The fourth-order valence-corrected chi connectivity index (χ4v) is 1.17. The molecule has 0 aliphatic rings. The van der Waals surface area contributed by atoms with E-state index in [0.29, 0.717) is 13.0 Å². The molecule has 0 aromatic heterocycles. The van der Waals surface area contributed by atoms with Crippen molar-refractivity contribution in [1.29, 1.82) is 0 Å². The van der Waals surface area contributed by atoms with E-state index in [1.807, 2.05) is 19.0 Å². The Kier molecular flexibility index (Phi) is 6.16. The summed E-state index contributed by atoms with van der Waals surface area (Å²) in [5, 5.41) is 0. The molecule has 0 fully saturated rings. The zero-order valence-electron chi connectivity index (χ0n) is 11.6. The average Bonchev–Trinajstić information content (AvgIpc) is 2.08. The molecule has 0 bridgehead atoms. The molecule has 0 saturated heterocycles. The number of nitrogens with zero attached hydrogens (tertiary/aromatic N) is 1. The number of esters is 2. The van der Waals surface area contributed by atoms with Gasteiger partial charge in [0.25, 0.3) is 0 Å². The van der Waals surface area contributed by atoms with Crippen LogP contribution in [0.15, 0.2) is 0 Å². The third-order valence-electron chi connectivity index (χ3n) is 1.82. The Bertz CT molecular complexity index is 268. The van der Waals surface area contributed by atoms with Gasteiger partial charge in [-0.2, -0.15) is 0 Å². The highest BCUT2D eigenvalue weighted by Gasteiger charge is 2.27. The lowest BCUT2D eigenvalue weighted by atomic mass is 10.2. The van der Waals surface area contributed by atoms with Crippen LogP contribution in [0.1, 0.15) is 34.1 Å². The van der Waals surface area contributed by atoms with Crippen LogP contribution >= 0.6 is 0 Å².